The molecule has 1 N–H and O–H groups in total. The van der Waals surface area contributed by atoms with E-state index in [1.165, 1.54) is 43.7 Å². The van der Waals surface area contributed by atoms with Crippen molar-refractivity contribution in [2.75, 3.05) is 13.7 Å². The maximum atomic E-state index is 11.8. The second kappa shape index (κ2) is 9.07. The summed E-state index contributed by atoms with van der Waals surface area (Å²) in [5, 5.41) is 25.7. The van der Waals surface area contributed by atoms with E-state index < -0.39 is 22.4 Å². The Morgan fingerprint density at radius 3 is 2.39 bits per heavy atom. The predicted molar refractivity (Wildman–Crippen MR) is 98.7 cm³/mol. The summed E-state index contributed by atoms with van der Waals surface area (Å²) < 4.78 is 10.1. The van der Waals surface area contributed by atoms with Gasteiger partial charge in [0, 0.05) is 17.7 Å². The van der Waals surface area contributed by atoms with Crippen LogP contribution >= 0.6 is 0 Å². The van der Waals surface area contributed by atoms with Gasteiger partial charge < -0.3 is 9.47 Å². The van der Waals surface area contributed by atoms with Crippen molar-refractivity contribution in [3.8, 4) is 11.5 Å². The van der Waals surface area contributed by atoms with Gasteiger partial charge in [-0.2, -0.15) is 5.10 Å². The number of aryl methyl sites for hydroxylation is 1. The van der Waals surface area contributed by atoms with Crippen molar-refractivity contribution < 1.29 is 24.1 Å². The molecule has 0 aliphatic rings. The number of rotatable bonds is 8. The van der Waals surface area contributed by atoms with Gasteiger partial charge in [0.05, 0.1) is 23.2 Å². The second-order valence-electron chi connectivity index (χ2n) is 5.50. The third-order valence-corrected chi connectivity index (χ3v) is 3.47. The van der Waals surface area contributed by atoms with Gasteiger partial charge in [-0.25, -0.2) is 5.43 Å². The molecule has 0 spiro atoms. The molecule has 2 aromatic carbocycles. The van der Waals surface area contributed by atoms with Gasteiger partial charge in [-0.1, -0.05) is 6.07 Å². The summed E-state index contributed by atoms with van der Waals surface area (Å²) in [6.07, 6.45) is 1.21. The molecule has 0 bridgehead atoms. The number of nitrogens with zero attached hydrogens (tertiary/aromatic N) is 3. The predicted octanol–water partition coefficient (Wildman–Crippen LogP) is 2.35. The molecule has 0 aliphatic heterocycles. The monoisotopic (exact) mass is 388 g/mol. The number of carbonyl (C=O) groups excluding carboxylic acids is 1. The summed E-state index contributed by atoms with van der Waals surface area (Å²) in [5.74, 6) is -0.603. The minimum atomic E-state index is -0.658. The van der Waals surface area contributed by atoms with Crippen LogP contribution in [-0.2, 0) is 4.79 Å². The molecular weight excluding hydrogens is 372 g/mol. The fraction of sp³-hybridized carbons (Fsp3) is 0.176. The number of hydrogen-bond acceptors (Lipinski definition) is 8. The van der Waals surface area contributed by atoms with Crippen LogP contribution in [-0.4, -0.2) is 35.7 Å². The molecule has 0 aliphatic carbocycles. The minimum absolute atomic E-state index is 0.0412. The highest BCUT2D eigenvalue weighted by Gasteiger charge is 2.16. The number of nitro benzene ring substituents is 2. The van der Waals surface area contributed by atoms with E-state index in [1.807, 2.05) is 0 Å². The van der Waals surface area contributed by atoms with E-state index in [2.05, 4.69) is 10.5 Å². The number of hydrogen-bond donors (Lipinski definition) is 1. The first kappa shape index (κ1) is 20.3. The van der Waals surface area contributed by atoms with Gasteiger partial charge in [-0.15, -0.1) is 0 Å². The van der Waals surface area contributed by atoms with E-state index >= 15 is 0 Å². The van der Waals surface area contributed by atoms with E-state index in [1.54, 1.807) is 13.0 Å². The van der Waals surface area contributed by atoms with Gasteiger partial charge in [-0.3, -0.25) is 25.0 Å². The van der Waals surface area contributed by atoms with Crippen LogP contribution in [0.5, 0.6) is 11.5 Å². The fourth-order valence-electron chi connectivity index (χ4n) is 2.18. The van der Waals surface area contributed by atoms with Gasteiger partial charge in [0.1, 0.15) is 0 Å². The van der Waals surface area contributed by atoms with Gasteiger partial charge >= 0.3 is 11.4 Å². The molecule has 0 saturated carbocycles. The molecular formula is C17H16N4O7. The van der Waals surface area contributed by atoms with Crippen molar-refractivity contribution in [1.82, 2.24) is 5.43 Å². The highest BCUT2D eigenvalue weighted by Crippen LogP contribution is 2.28. The maximum absolute atomic E-state index is 11.8. The van der Waals surface area contributed by atoms with Crippen molar-refractivity contribution in [3.63, 3.8) is 0 Å². The molecule has 2 rings (SSSR count). The lowest BCUT2D eigenvalue weighted by Crippen LogP contribution is -2.24. The van der Waals surface area contributed by atoms with Crippen molar-refractivity contribution in [3.05, 3.63) is 67.8 Å². The molecule has 0 saturated heterocycles. The molecule has 1 amide bonds. The van der Waals surface area contributed by atoms with Crippen molar-refractivity contribution in [2.45, 2.75) is 6.92 Å². The number of ether oxygens (including phenoxy) is 2. The van der Waals surface area contributed by atoms with Crippen LogP contribution in [0.4, 0.5) is 11.4 Å². The Labute approximate surface area is 158 Å². The van der Waals surface area contributed by atoms with Crippen LogP contribution in [0, 0.1) is 27.2 Å². The summed E-state index contributed by atoms with van der Waals surface area (Å²) in [6, 6.07) is 8.52. The van der Waals surface area contributed by atoms with Crippen molar-refractivity contribution in [1.29, 1.82) is 0 Å². The normalized spacial score (nSPS) is 10.5. The van der Waals surface area contributed by atoms with Crippen molar-refractivity contribution in [2.24, 2.45) is 5.10 Å². The largest absolute Gasteiger partial charge is 0.490 e. The van der Waals surface area contributed by atoms with Gasteiger partial charge in [0.2, 0.25) is 0 Å². The zero-order valence-electron chi connectivity index (χ0n) is 14.9. The first-order valence-electron chi connectivity index (χ1n) is 7.84. The highest BCUT2D eigenvalue weighted by molar-refractivity contribution is 5.84. The number of hydrazone groups is 1. The number of amides is 1. The highest BCUT2D eigenvalue weighted by atomic mass is 16.6. The summed E-state index contributed by atoms with van der Waals surface area (Å²) in [5.41, 5.74) is 2.73. The zero-order chi connectivity index (χ0) is 20.7. The van der Waals surface area contributed by atoms with E-state index in [0.717, 1.165) is 0 Å². The second-order valence-corrected chi connectivity index (χ2v) is 5.50. The average Bonchev–Trinajstić information content (AvgIpc) is 2.66. The molecule has 0 radical (unpaired) electrons. The van der Waals surface area contributed by atoms with E-state index in [4.69, 9.17) is 9.47 Å². The van der Waals surface area contributed by atoms with Gasteiger partial charge in [-0.05, 0) is 30.7 Å². The molecule has 0 fully saturated rings. The molecule has 11 heteroatoms. The van der Waals surface area contributed by atoms with Crippen LogP contribution in [0.3, 0.4) is 0 Å². The SMILES string of the molecule is COc1ccc(/C=N\NC(=O)COc2ccc(C)cc2[N+](=O)[O-])cc1[N+](=O)[O-]. The van der Waals surface area contributed by atoms with E-state index in [9.17, 15) is 25.0 Å². The third kappa shape index (κ3) is 5.24. The Morgan fingerprint density at radius 1 is 1.11 bits per heavy atom. The van der Waals surface area contributed by atoms with Crippen LogP contribution in [0.25, 0.3) is 0 Å². The van der Waals surface area contributed by atoms with Crippen LogP contribution in [0.1, 0.15) is 11.1 Å². The number of carbonyl (C=O) groups is 1. The molecule has 146 valence electrons. The number of methoxy groups -OCH3 is 1. The number of benzene rings is 2. The summed E-state index contributed by atoms with van der Waals surface area (Å²) in [7, 11) is 1.31. The van der Waals surface area contributed by atoms with Crippen LogP contribution < -0.4 is 14.9 Å². The molecule has 0 aromatic heterocycles. The van der Waals surface area contributed by atoms with Crippen molar-refractivity contribution >= 4 is 23.5 Å². The first-order chi connectivity index (χ1) is 13.3. The van der Waals surface area contributed by atoms with Crippen LogP contribution in [0.15, 0.2) is 41.5 Å². The summed E-state index contributed by atoms with van der Waals surface area (Å²) in [4.78, 5) is 32.6. The third-order valence-electron chi connectivity index (χ3n) is 3.47. The summed E-state index contributed by atoms with van der Waals surface area (Å²) in [6.45, 7) is 1.20. The minimum Gasteiger partial charge on any atom is -0.490 e. The van der Waals surface area contributed by atoms with Gasteiger partial charge in [0.15, 0.2) is 18.1 Å². The molecule has 0 heterocycles. The maximum Gasteiger partial charge on any atom is 0.311 e. The Bertz CT molecular complexity index is 943. The van der Waals surface area contributed by atoms with Crippen LogP contribution in [0.2, 0.25) is 0 Å². The zero-order valence-corrected chi connectivity index (χ0v) is 14.9. The first-order valence-corrected chi connectivity index (χ1v) is 7.84. The lowest BCUT2D eigenvalue weighted by molar-refractivity contribution is -0.386. The number of nitro groups is 2. The molecule has 11 nitrogen and oxygen atoms in total. The Hall–Kier alpha value is -4.02. The topological polar surface area (TPSA) is 146 Å². The standard InChI is InChI=1S/C17H16N4O7/c1-11-3-5-16(13(7-11)20(23)24)28-10-17(22)19-18-9-12-4-6-15(27-2)14(8-12)21(25)26/h3-9H,10H2,1-2H3,(H,19,22)/b18-9-. The molecule has 28 heavy (non-hydrogen) atoms. The Kier molecular flexibility index (Phi) is 6.58. The Morgan fingerprint density at radius 2 is 1.75 bits per heavy atom. The smallest absolute Gasteiger partial charge is 0.311 e. The Balaban J connectivity index is 1.97. The van der Waals surface area contributed by atoms with Gasteiger partial charge in [0.25, 0.3) is 5.91 Å². The average molecular weight is 388 g/mol. The summed E-state index contributed by atoms with van der Waals surface area (Å²) >= 11 is 0. The number of nitrogens with one attached hydrogen (secondary N) is 1. The lowest BCUT2D eigenvalue weighted by Gasteiger charge is -2.06. The lowest BCUT2D eigenvalue weighted by atomic mass is 10.2. The molecule has 2 aromatic rings. The molecule has 0 unspecified atom stereocenters. The fourth-order valence-corrected chi connectivity index (χ4v) is 2.18. The quantitative estimate of drug-likeness (QED) is 0.415. The van der Waals surface area contributed by atoms with E-state index in [0.29, 0.717) is 11.1 Å². The molecule has 0 atom stereocenters. The van der Waals surface area contributed by atoms with E-state index in [-0.39, 0.29) is 22.9 Å².